The fourth-order valence-corrected chi connectivity index (χ4v) is 12.5. The lowest BCUT2D eigenvalue weighted by Crippen LogP contribution is -2.57. The molecule has 0 aromatic rings. The van der Waals surface area contributed by atoms with Gasteiger partial charge in [0.25, 0.3) is 6.47 Å². The molecule has 0 radical (unpaired) electrons. The molecule has 4 aliphatic rings. The molecule has 4 aliphatic carbocycles. The van der Waals surface area contributed by atoms with Crippen molar-refractivity contribution in [3.05, 3.63) is 12.2 Å². The van der Waals surface area contributed by atoms with Crippen molar-refractivity contribution in [2.75, 3.05) is 33.0 Å². The third kappa shape index (κ3) is 24.7. The third-order valence-electron chi connectivity index (χ3n) is 15.0. The van der Waals surface area contributed by atoms with Crippen LogP contribution in [0.3, 0.4) is 0 Å². The largest absolute Gasteiger partial charge is 0.468 e. The van der Waals surface area contributed by atoms with Crippen LogP contribution in [0.1, 0.15) is 265 Å². The van der Waals surface area contributed by atoms with Crippen molar-refractivity contribution in [3.8, 4) is 0 Å². The minimum atomic E-state index is -0.346. The van der Waals surface area contributed by atoms with E-state index in [9.17, 15) is 14.4 Å². The Bertz CT molecular complexity index is 1200. The fourth-order valence-electron chi connectivity index (χ4n) is 12.5. The first-order valence-electron chi connectivity index (χ1n) is 27.6. The van der Waals surface area contributed by atoms with Crippen LogP contribution in [-0.4, -0.2) is 57.7 Å². The van der Waals surface area contributed by atoms with Gasteiger partial charge in [-0.1, -0.05) is 136 Å². The zero-order chi connectivity index (χ0) is 45.9. The summed E-state index contributed by atoms with van der Waals surface area (Å²) in [5, 5.41) is 0. The molecule has 4 rings (SSSR count). The SMILES string of the molecule is CCCCCC/C=C\CCCCCCCC(=O)OCCCC12CC3CC(CCCOC=O)(C1)CC(CCCOC(=O)CCC(OCCCCCCCC)OCCCCCCCC)(C3)C2. The van der Waals surface area contributed by atoms with Gasteiger partial charge in [0.1, 0.15) is 0 Å². The zero-order valence-corrected chi connectivity index (χ0v) is 42.1. The van der Waals surface area contributed by atoms with Crippen LogP contribution in [0.15, 0.2) is 12.2 Å². The third-order valence-corrected chi connectivity index (χ3v) is 15.0. The fraction of sp³-hybridized carbons (Fsp3) is 0.911. The number of carbonyl (C=O) groups excluding carboxylic acids is 3. The van der Waals surface area contributed by atoms with Crippen LogP contribution in [0, 0.1) is 22.2 Å². The van der Waals surface area contributed by atoms with E-state index >= 15 is 0 Å². The molecule has 0 spiro atoms. The van der Waals surface area contributed by atoms with E-state index < -0.39 is 0 Å². The summed E-state index contributed by atoms with van der Waals surface area (Å²) in [6.45, 7) is 10.2. The maximum atomic E-state index is 13.1. The van der Waals surface area contributed by atoms with E-state index in [0.717, 1.165) is 64.2 Å². The molecule has 0 aliphatic heterocycles. The monoisotopic (exact) mass is 901 g/mol. The van der Waals surface area contributed by atoms with Crippen LogP contribution >= 0.6 is 0 Å². The summed E-state index contributed by atoms with van der Waals surface area (Å²) in [6, 6.07) is 0. The van der Waals surface area contributed by atoms with Crippen molar-refractivity contribution < 1.29 is 38.1 Å². The molecule has 4 bridgehead atoms. The summed E-state index contributed by atoms with van der Waals surface area (Å²) in [5.74, 6) is 0.530. The Morgan fingerprint density at radius 2 is 0.891 bits per heavy atom. The second kappa shape index (κ2) is 35.2. The highest BCUT2D eigenvalue weighted by Gasteiger charge is 2.62. The molecule has 8 nitrogen and oxygen atoms in total. The van der Waals surface area contributed by atoms with Gasteiger partial charge in [-0.2, -0.15) is 0 Å². The number of hydrogen-bond donors (Lipinski definition) is 0. The van der Waals surface area contributed by atoms with E-state index in [1.165, 1.54) is 161 Å². The van der Waals surface area contributed by atoms with Crippen molar-refractivity contribution in [1.29, 1.82) is 0 Å². The quantitative estimate of drug-likeness (QED) is 0.0149. The van der Waals surface area contributed by atoms with Gasteiger partial charge in [-0.05, 0) is 144 Å². The Morgan fingerprint density at radius 3 is 1.38 bits per heavy atom. The number of unbranched alkanes of at least 4 members (excludes halogenated alkanes) is 19. The molecule has 0 amide bonds. The van der Waals surface area contributed by atoms with E-state index in [0.29, 0.717) is 64.7 Å². The highest BCUT2D eigenvalue weighted by molar-refractivity contribution is 5.69. The Labute approximate surface area is 393 Å². The Balaban J connectivity index is 1.40. The van der Waals surface area contributed by atoms with Gasteiger partial charge in [0, 0.05) is 26.1 Å². The summed E-state index contributed by atoms with van der Waals surface area (Å²) in [6.07, 6.45) is 47.4. The molecule has 4 saturated carbocycles. The number of esters is 2. The van der Waals surface area contributed by atoms with Crippen molar-refractivity contribution in [2.24, 2.45) is 22.2 Å². The smallest absolute Gasteiger partial charge is 0.305 e. The topological polar surface area (TPSA) is 97.4 Å². The molecule has 0 heterocycles. The second-order valence-corrected chi connectivity index (χ2v) is 21.1. The highest BCUT2D eigenvalue weighted by Crippen LogP contribution is 2.73. The second-order valence-electron chi connectivity index (χ2n) is 21.1. The lowest BCUT2D eigenvalue weighted by Gasteiger charge is -2.67. The maximum Gasteiger partial charge on any atom is 0.305 e. The first-order chi connectivity index (χ1) is 31.3. The predicted molar refractivity (Wildman–Crippen MR) is 262 cm³/mol. The van der Waals surface area contributed by atoms with Gasteiger partial charge in [-0.15, -0.1) is 0 Å². The van der Waals surface area contributed by atoms with Crippen molar-refractivity contribution in [1.82, 2.24) is 0 Å². The molecular formula is C56H100O8. The Morgan fingerprint density at radius 1 is 0.484 bits per heavy atom. The molecule has 4 unspecified atom stereocenters. The highest BCUT2D eigenvalue weighted by atomic mass is 16.7. The molecule has 0 aromatic heterocycles. The van der Waals surface area contributed by atoms with E-state index in [4.69, 9.17) is 23.7 Å². The van der Waals surface area contributed by atoms with Crippen LogP contribution in [0.25, 0.3) is 0 Å². The number of ether oxygens (including phenoxy) is 5. The van der Waals surface area contributed by atoms with Gasteiger partial charge in [0.05, 0.1) is 26.2 Å². The van der Waals surface area contributed by atoms with Gasteiger partial charge in [0.15, 0.2) is 6.29 Å². The van der Waals surface area contributed by atoms with Crippen LogP contribution < -0.4 is 0 Å². The first kappa shape index (κ1) is 56.4. The van der Waals surface area contributed by atoms with Gasteiger partial charge in [-0.25, -0.2) is 0 Å². The van der Waals surface area contributed by atoms with Crippen molar-refractivity contribution in [2.45, 2.75) is 271 Å². The average molecular weight is 901 g/mol. The standard InChI is InChI=1S/C56H100O8/c1-4-7-10-13-16-17-18-19-20-21-22-23-26-32-51(58)61-41-30-36-55-44-50-43-54(46-55,35-29-38-60-49-57)47-56(45-50,48-55)37-31-42-62-52(59)33-34-53(63-39-27-24-14-11-8-5-2)64-40-28-25-15-12-9-6-3/h17-18,49-50,53H,4-16,19-48H2,1-3H3/b18-17-. The first-order valence-corrected chi connectivity index (χ1v) is 27.6. The summed E-state index contributed by atoms with van der Waals surface area (Å²) in [5.41, 5.74) is 0.820. The Kier molecular flexibility index (Phi) is 31.1. The summed E-state index contributed by atoms with van der Waals surface area (Å²) in [4.78, 5) is 36.7. The van der Waals surface area contributed by atoms with Crippen molar-refractivity contribution >= 4 is 18.4 Å². The molecule has 0 saturated heterocycles. The Hall–Kier alpha value is -1.93. The van der Waals surface area contributed by atoms with E-state index in [2.05, 4.69) is 32.9 Å². The van der Waals surface area contributed by atoms with Gasteiger partial charge in [0.2, 0.25) is 0 Å². The summed E-state index contributed by atoms with van der Waals surface area (Å²) in [7, 11) is 0. The van der Waals surface area contributed by atoms with Crippen LogP contribution in [0.5, 0.6) is 0 Å². The van der Waals surface area contributed by atoms with E-state index in [1.54, 1.807) is 0 Å². The van der Waals surface area contributed by atoms with Crippen molar-refractivity contribution in [3.63, 3.8) is 0 Å². The lowest BCUT2D eigenvalue weighted by molar-refractivity contribution is -0.173. The van der Waals surface area contributed by atoms with E-state index in [1.807, 2.05) is 0 Å². The number of hydrogen-bond acceptors (Lipinski definition) is 8. The number of carbonyl (C=O) groups is 3. The summed E-state index contributed by atoms with van der Waals surface area (Å²) >= 11 is 0. The molecule has 8 heteroatoms. The average Bonchev–Trinajstić information content (AvgIpc) is 3.27. The van der Waals surface area contributed by atoms with Gasteiger partial charge < -0.3 is 23.7 Å². The molecule has 0 N–H and O–H groups in total. The minimum Gasteiger partial charge on any atom is -0.468 e. The van der Waals surface area contributed by atoms with Crippen LogP contribution in [-0.2, 0) is 38.1 Å². The molecule has 4 atom stereocenters. The maximum absolute atomic E-state index is 13.1. The number of rotatable bonds is 45. The molecule has 64 heavy (non-hydrogen) atoms. The molecule has 372 valence electrons. The van der Waals surface area contributed by atoms with Gasteiger partial charge >= 0.3 is 11.9 Å². The van der Waals surface area contributed by atoms with Crippen LogP contribution in [0.2, 0.25) is 0 Å². The minimum absolute atomic E-state index is 0.0360. The van der Waals surface area contributed by atoms with Gasteiger partial charge in [-0.3, -0.25) is 14.4 Å². The molecule has 0 aromatic carbocycles. The predicted octanol–water partition coefficient (Wildman–Crippen LogP) is 15.7. The number of allylic oxidation sites excluding steroid dienone is 2. The molecule has 4 fully saturated rings. The summed E-state index contributed by atoms with van der Waals surface area (Å²) < 4.78 is 29.2. The zero-order valence-electron chi connectivity index (χ0n) is 42.1. The normalized spacial score (nSPS) is 22.5. The van der Waals surface area contributed by atoms with E-state index in [-0.39, 0.29) is 34.5 Å². The molecular weight excluding hydrogens is 801 g/mol. The lowest BCUT2D eigenvalue weighted by atomic mass is 9.37. The van der Waals surface area contributed by atoms with Crippen LogP contribution in [0.4, 0.5) is 0 Å².